The molecule has 0 aliphatic carbocycles. The van der Waals surface area contributed by atoms with Crippen LogP contribution in [-0.4, -0.2) is 45.1 Å². The predicted octanol–water partition coefficient (Wildman–Crippen LogP) is -0.285. The highest BCUT2D eigenvalue weighted by Gasteiger charge is 2.42. The summed E-state index contributed by atoms with van der Waals surface area (Å²) in [5, 5.41) is 2.78. The van der Waals surface area contributed by atoms with Crippen LogP contribution in [0.5, 0.6) is 0 Å². The number of nitrogens with one attached hydrogen (secondary N) is 1. The van der Waals surface area contributed by atoms with E-state index in [1.54, 1.807) is 0 Å². The zero-order chi connectivity index (χ0) is 11.8. The first-order valence-electron chi connectivity index (χ1n) is 5.57. The van der Waals surface area contributed by atoms with Crippen molar-refractivity contribution in [3.63, 3.8) is 0 Å². The Hall–Kier alpha value is -0.620. The number of ether oxygens (including phenoxy) is 1. The van der Waals surface area contributed by atoms with Crippen LogP contribution in [0.25, 0.3) is 0 Å². The highest BCUT2D eigenvalue weighted by Crippen LogP contribution is 2.31. The Morgan fingerprint density at radius 1 is 1.44 bits per heavy atom. The van der Waals surface area contributed by atoms with Gasteiger partial charge in [0.15, 0.2) is 9.84 Å². The van der Waals surface area contributed by atoms with Gasteiger partial charge >= 0.3 is 5.97 Å². The zero-order valence-corrected chi connectivity index (χ0v) is 10.1. The molecule has 92 valence electrons. The molecule has 2 saturated heterocycles. The van der Waals surface area contributed by atoms with Gasteiger partial charge in [-0.15, -0.1) is 0 Å². The first-order valence-corrected chi connectivity index (χ1v) is 7.29. The van der Waals surface area contributed by atoms with E-state index in [-0.39, 0.29) is 23.2 Å². The lowest BCUT2D eigenvalue weighted by Crippen LogP contribution is -2.31. The molecule has 0 radical (unpaired) electrons. The van der Waals surface area contributed by atoms with E-state index in [2.05, 4.69) is 10.1 Å². The molecule has 6 heteroatoms. The number of rotatable bonds is 2. The van der Waals surface area contributed by atoms with E-state index in [0.29, 0.717) is 18.7 Å². The minimum absolute atomic E-state index is 0.0663. The van der Waals surface area contributed by atoms with Crippen molar-refractivity contribution < 1.29 is 17.9 Å². The number of sulfone groups is 1. The standard InChI is InChI=1S/C10H17NO4S/c1-15-10(12)8-5-7(6-11-8)9-3-2-4-16(9,13)14/h7-9,11H,2-6H2,1H3. The van der Waals surface area contributed by atoms with Gasteiger partial charge in [0.2, 0.25) is 0 Å². The van der Waals surface area contributed by atoms with Gasteiger partial charge in [-0.2, -0.15) is 0 Å². The summed E-state index contributed by atoms with van der Waals surface area (Å²) in [6, 6.07) is -0.328. The number of hydrogen-bond acceptors (Lipinski definition) is 5. The maximum absolute atomic E-state index is 11.8. The summed E-state index contributed by atoms with van der Waals surface area (Å²) in [7, 11) is -1.57. The summed E-state index contributed by atoms with van der Waals surface area (Å²) in [4.78, 5) is 11.3. The van der Waals surface area contributed by atoms with E-state index in [4.69, 9.17) is 0 Å². The third-order valence-corrected chi connectivity index (χ3v) is 5.96. The van der Waals surface area contributed by atoms with Crippen LogP contribution in [0.4, 0.5) is 0 Å². The van der Waals surface area contributed by atoms with Crippen molar-refractivity contribution in [3.05, 3.63) is 0 Å². The normalized spacial score (nSPS) is 37.4. The van der Waals surface area contributed by atoms with Crippen LogP contribution in [0, 0.1) is 5.92 Å². The maximum atomic E-state index is 11.8. The van der Waals surface area contributed by atoms with Gasteiger partial charge < -0.3 is 10.1 Å². The lowest BCUT2D eigenvalue weighted by Gasteiger charge is -2.16. The number of carbonyl (C=O) groups excluding carboxylic acids is 1. The molecular formula is C10H17NO4S. The molecular weight excluding hydrogens is 230 g/mol. The average Bonchev–Trinajstić information content (AvgIpc) is 2.82. The lowest BCUT2D eigenvalue weighted by molar-refractivity contribution is -0.142. The smallest absolute Gasteiger partial charge is 0.322 e. The first kappa shape index (κ1) is 11.9. The fourth-order valence-corrected chi connectivity index (χ4v) is 4.90. The van der Waals surface area contributed by atoms with Crippen molar-refractivity contribution in [2.45, 2.75) is 30.6 Å². The number of esters is 1. The van der Waals surface area contributed by atoms with Crippen LogP contribution in [0.2, 0.25) is 0 Å². The summed E-state index contributed by atoms with van der Waals surface area (Å²) in [5.41, 5.74) is 0. The van der Waals surface area contributed by atoms with Gasteiger partial charge in [0, 0.05) is 6.54 Å². The summed E-state index contributed by atoms with van der Waals surface area (Å²) in [6.07, 6.45) is 2.07. The van der Waals surface area contributed by atoms with Crippen LogP contribution in [0.15, 0.2) is 0 Å². The molecule has 3 unspecified atom stereocenters. The molecule has 1 N–H and O–H groups in total. The fourth-order valence-electron chi connectivity index (χ4n) is 2.71. The monoisotopic (exact) mass is 247 g/mol. The molecule has 2 heterocycles. The fraction of sp³-hybridized carbons (Fsp3) is 0.900. The molecule has 0 aromatic heterocycles. The van der Waals surface area contributed by atoms with Crippen LogP contribution in [-0.2, 0) is 19.4 Å². The molecule has 0 aromatic rings. The first-order chi connectivity index (χ1) is 7.54. The Labute approximate surface area is 95.5 Å². The maximum Gasteiger partial charge on any atom is 0.322 e. The minimum atomic E-state index is -2.92. The SMILES string of the molecule is COC(=O)C1CC(C2CCCS2(=O)=O)CN1. The quantitative estimate of drug-likeness (QED) is 0.679. The van der Waals surface area contributed by atoms with Crippen molar-refractivity contribution in [1.29, 1.82) is 0 Å². The molecule has 3 atom stereocenters. The summed E-state index contributed by atoms with van der Waals surface area (Å²) in [5.74, 6) is 0.0753. The minimum Gasteiger partial charge on any atom is -0.468 e. The summed E-state index contributed by atoms with van der Waals surface area (Å²) < 4.78 is 28.1. The Morgan fingerprint density at radius 2 is 2.19 bits per heavy atom. The second kappa shape index (κ2) is 4.33. The average molecular weight is 247 g/mol. The highest BCUT2D eigenvalue weighted by atomic mass is 32.2. The van der Waals surface area contributed by atoms with Crippen LogP contribution >= 0.6 is 0 Å². The van der Waals surface area contributed by atoms with Gasteiger partial charge in [-0.05, 0) is 25.2 Å². The van der Waals surface area contributed by atoms with Crippen molar-refractivity contribution >= 4 is 15.8 Å². The van der Waals surface area contributed by atoms with E-state index in [0.717, 1.165) is 12.8 Å². The van der Waals surface area contributed by atoms with E-state index < -0.39 is 9.84 Å². The predicted molar refractivity (Wildman–Crippen MR) is 58.7 cm³/mol. The molecule has 16 heavy (non-hydrogen) atoms. The topological polar surface area (TPSA) is 72.5 Å². The molecule has 0 aromatic carbocycles. The Balaban J connectivity index is 2.01. The van der Waals surface area contributed by atoms with Crippen LogP contribution < -0.4 is 5.32 Å². The zero-order valence-electron chi connectivity index (χ0n) is 9.31. The van der Waals surface area contributed by atoms with Crippen LogP contribution in [0.1, 0.15) is 19.3 Å². The van der Waals surface area contributed by atoms with Gasteiger partial charge in [-0.25, -0.2) is 8.42 Å². The molecule has 2 aliphatic heterocycles. The molecule has 0 bridgehead atoms. The second-order valence-corrected chi connectivity index (χ2v) is 6.87. The van der Waals surface area contributed by atoms with E-state index in [1.165, 1.54) is 7.11 Å². The summed E-state index contributed by atoms with van der Waals surface area (Å²) >= 11 is 0. The Kier molecular flexibility index (Phi) is 3.21. The molecule has 2 rings (SSSR count). The second-order valence-electron chi connectivity index (χ2n) is 4.53. The third kappa shape index (κ3) is 2.08. The molecule has 0 spiro atoms. The highest BCUT2D eigenvalue weighted by molar-refractivity contribution is 7.92. The van der Waals surface area contributed by atoms with Crippen LogP contribution in [0.3, 0.4) is 0 Å². The van der Waals surface area contributed by atoms with Gasteiger partial charge in [0.25, 0.3) is 0 Å². The third-order valence-electron chi connectivity index (χ3n) is 3.56. The molecule has 5 nitrogen and oxygen atoms in total. The van der Waals surface area contributed by atoms with E-state index in [9.17, 15) is 13.2 Å². The molecule has 2 aliphatic rings. The van der Waals surface area contributed by atoms with Crippen molar-refractivity contribution in [1.82, 2.24) is 5.32 Å². The number of methoxy groups -OCH3 is 1. The molecule has 2 fully saturated rings. The van der Waals surface area contributed by atoms with Crippen molar-refractivity contribution in [2.75, 3.05) is 19.4 Å². The number of carbonyl (C=O) groups is 1. The lowest BCUT2D eigenvalue weighted by atomic mass is 9.99. The van der Waals surface area contributed by atoms with Gasteiger partial charge in [-0.3, -0.25) is 4.79 Å². The van der Waals surface area contributed by atoms with Crippen molar-refractivity contribution in [3.8, 4) is 0 Å². The van der Waals surface area contributed by atoms with Gasteiger partial charge in [-0.1, -0.05) is 0 Å². The van der Waals surface area contributed by atoms with Gasteiger partial charge in [0.1, 0.15) is 6.04 Å². The van der Waals surface area contributed by atoms with Gasteiger partial charge in [0.05, 0.1) is 18.1 Å². The Morgan fingerprint density at radius 3 is 2.75 bits per heavy atom. The van der Waals surface area contributed by atoms with Crippen molar-refractivity contribution in [2.24, 2.45) is 5.92 Å². The molecule has 0 saturated carbocycles. The van der Waals surface area contributed by atoms with E-state index in [1.807, 2.05) is 0 Å². The van der Waals surface area contributed by atoms with E-state index >= 15 is 0 Å². The molecule has 0 amide bonds. The Bertz CT molecular complexity index is 378. The summed E-state index contributed by atoms with van der Waals surface area (Å²) in [6.45, 7) is 0.601. The largest absolute Gasteiger partial charge is 0.468 e. The number of hydrogen-bond donors (Lipinski definition) is 1.